The first kappa shape index (κ1) is 63.0. The molecule has 0 amide bonds. The quantitative estimate of drug-likeness (QED) is 0.0147. The summed E-state index contributed by atoms with van der Waals surface area (Å²) in [4.78, 5) is 23.2. The van der Waals surface area contributed by atoms with Crippen molar-refractivity contribution in [3.8, 4) is 0 Å². The number of hydrogen-bond donors (Lipinski definition) is 6. The molecule has 0 radical (unpaired) electrons. The zero-order chi connectivity index (χ0) is 49.8. The maximum Gasteiger partial charge on any atom is 0.472 e. The third-order valence-corrected chi connectivity index (χ3v) is 12.1. The summed E-state index contributed by atoms with van der Waals surface area (Å²) in [5, 5.41) is 50.3. The van der Waals surface area contributed by atoms with Crippen molar-refractivity contribution in [2.45, 2.75) is 211 Å². The van der Waals surface area contributed by atoms with Crippen LogP contribution in [0, 0.1) is 0 Å². The zero-order valence-corrected chi connectivity index (χ0v) is 42.5. The fourth-order valence-corrected chi connectivity index (χ4v) is 8.04. The van der Waals surface area contributed by atoms with Crippen LogP contribution in [0.15, 0.2) is 109 Å². The number of phosphoric ester groups is 1. The third kappa shape index (κ3) is 35.2. The van der Waals surface area contributed by atoms with Crippen LogP contribution in [0.1, 0.15) is 168 Å². The van der Waals surface area contributed by atoms with Gasteiger partial charge >= 0.3 is 13.8 Å². The molecule has 1 rings (SSSR count). The Labute approximate surface area is 410 Å². The van der Waals surface area contributed by atoms with Gasteiger partial charge in [-0.15, -0.1) is 0 Å². The molecule has 0 bridgehead atoms. The lowest BCUT2D eigenvalue weighted by Crippen LogP contribution is -2.64. The fourth-order valence-electron chi connectivity index (χ4n) is 7.07. The molecule has 68 heavy (non-hydrogen) atoms. The molecular formula is C55H91O12P. The summed E-state index contributed by atoms with van der Waals surface area (Å²) in [5.41, 5.74) is 0. The van der Waals surface area contributed by atoms with Crippen molar-refractivity contribution >= 4 is 13.8 Å². The Morgan fingerprint density at radius 2 is 0.868 bits per heavy atom. The first-order valence-electron chi connectivity index (χ1n) is 25.7. The number of hydrogen-bond acceptors (Lipinski definition) is 11. The minimum absolute atomic E-state index is 0.113. The third-order valence-electron chi connectivity index (χ3n) is 11.1. The molecule has 6 atom stereocenters. The van der Waals surface area contributed by atoms with E-state index in [-0.39, 0.29) is 13.0 Å². The van der Waals surface area contributed by atoms with E-state index in [0.29, 0.717) is 13.0 Å². The van der Waals surface area contributed by atoms with Gasteiger partial charge in [0, 0.05) is 13.0 Å². The number of esters is 1. The Morgan fingerprint density at radius 3 is 1.32 bits per heavy atom. The normalized spacial score (nSPS) is 22.1. The van der Waals surface area contributed by atoms with Gasteiger partial charge in [0.15, 0.2) is 0 Å². The van der Waals surface area contributed by atoms with Crippen LogP contribution in [0.25, 0.3) is 0 Å². The van der Waals surface area contributed by atoms with Crippen LogP contribution in [-0.2, 0) is 27.9 Å². The van der Waals surface area contributed by atoms with Crippen molar-refractivity contribution in [3.05, 3.63) is 109 Å². The van der Waals surface area contributed by atoms with Crippen molar-refractivity contribution in [1.82, 2.24) is 0 Å². The average molecular weight is 975 g/mol. The highest BCUT2D eigenvalue weighted by Crippen LogP contribution is 2.47. The first-order chi connectivity index (χ1) is 33.0. The van der Waals surface area contributed by atoms with Gasteiger partial charge in [0.05, 0.1) is 13.2 Å². The Kier molecular flexibility index (Phi) is 40.8. The van der Waals surface area contributed by atoms with Crippen LogP contribution in [0.4, 0.5) is 0 Å². The van der Waals surface area contributed by atoms with Crippen LogP contribution in [-0.4, -0.2) is 98.9 Å². The van der Waals surface area contributed by atoms with Gasteiger partial charge in [0.25, 0.3) is 0 Å². The molecule has 1 aliphatic carbocycles. The molecule has 0 aromatic rings. The number of carbonyl (C=O) groups excluding carboxylic acids is 1. The summed E-state index contributed by atoms with van der Waals surface area (Å²) in [5.74, 6) is -0.507. The maximum atomic E-state index is 12.9. The van der Waals surface area contributed by atoms with Crippen LogP contribution in [0.2, 0.25) is 0 Å². The minimum atomic E-state index is -5.05. The molecule has 13 heteroatoms. The van der Waals surface area contributed by atoms with E-state index in [2.05, 4.69) is 123 Å². The molecule has 0 aromatic heterocycles. The Morgan fingerprint density at radius 1 is 0.485 bits per heavy atom. The molecule has 1 aliphatic rings. The Balaban J connectivity index is 2.41. The zero-order valence-electron chi connectivity index (χ0n) is 41.6. The fraction of sp³-hybridized carbons (Fsp3) is 0.655. The van der Waals surface area contributed by atoms with Gasteiger partial charge < -0.3 is 39.9 Å². The molecule has 0 heterocycles. The average Bonchev–Trinajstić information content (AvgIpc) is 3.32. The number of ether oxygens (including phenoxy) is 2. The Hall–Kier alpha value is -3.00. The molecule has 0 saturated heterocycles. The second-order valence-electron chi connectivity index (χ2n) is 17.3. The van der Waals surface area contributed by atoms with Crippen molar-refractivity contribution in [3.63, 3.8) is 0 Å². The summed E-state index contributed by atoms with van der Waals surface area (Å²) < 4.78 is 34.2. The largest absolute Gasteiger partial charge is 0.472 e. The number of rotatable bonds is 42. The SMILES string of the molecule is CC/C=C\C/C=C\C/C=C\C/C=C\C/C=C\C/C=C\CCCCCOCC(COP(=O)(O)OC1C(O)C(O)C(O)C(O)C1O)OC(=O)CCCCCCCC/C=C\C/C=C\C/C=C\CCCCC. The highest BCUT2D eigenvalue weighted by Gasteiger charge is 2.51. The summed E-state index contributed by atoms with van der Waals surface area (Å²) >= 11 is 0. The van der Waals surface area contributed by atoms with Crippen LogP contribution in [0.5, 0.6) is 0 Å². The number of aliphatic hydroxyl groups excluding tert-OH is 5. The smallest absolute Gasteiger partial charge is 0.457 e. The van der Waals surface area contributed by atoms with E-state index in [9.17, 15) is 39.8 Å². The van der Waals surface area contributed by atoms with Gasteiger partial charge in [0.1, 0.15) is 42.7 Å². The second kappa shape index (κ2) is 44.0. The lowest BCUT2D eigenvalue weighted by Gasteiger charge is -2.41. The van der Waals surface area contributed by atoms with Gasteiger partial charge in [-0.3, -0.25) is 13.8 Å². The number of carbonyl (C=O) groups is 1. The summed E-state index contributed by atoms with van der Waals surface area (Å²) in [7, 11) is -5.05. The molecular weight excluding hydrogens is 884 g/mol. The molecule has 6 N–H and O–H groups in total. The number of allylic oxidation sites excluding steroid dienone is 18. The molecule has 0 aliphatic heterocycles. The van der Waals surface area contributed by atoms with E-state index in [4.69, 9.17) is 18.5 Å². The van der Waals surface area contributed by atoms with Crippen molar-refractivity contribution in [1.29, 1.82) is 0 Å². The van der Waals surface area contributed by atoms with E-state index in [1.807, 2.05) is 0 Å². The van der Waals surface area contributed by atoms with Gasteiger partial charge in [-0.25, -0.2) is 4.57 Å². The lowest BCUT2D eigenvalue weighted by atomic mass is 9.85. The summed E-state index contributed by atoms with van der Waals surface area (Å²) in [6, 6.07) is 0. The first-order valence-corrected chi connectivity index (χ1v) is 27.2. The predicted octanol–water partition coefficient (Wildman–Crippen LogP) is 11.6. The molecule has 6 unspecified atom stereocenters. The van der Waals surface area contributed by atoms with Gasteiger partial charge in [-0.05, 0) is 103 Å². The maximum absolute atomic E-state index is 12.9. The van der Waals surface area contributed by atoms with Crippen LogP contribution < -0.4 is 0 Å². The topological polar surface area (TPSA) is 192 Å². The lowest BCUT2D eigenvalue weighted by molar-refractivity contribution is -0.220. The second-order valence-corrected chi connectivity index (χ2v) is 18.7. The molecule has 12 nitrogen and oxygen atoms in total. The number of unbranched alkanes of at least 4 members (excludes halogenated alkanes) is 12. The molecule has 388 valence electrons. The highest BCUT2D eigenvalue weighted by molar-refractivity contribution is 7.47. The van der Waals surface area contributed by atoms with E-state index in [1.165, 1.54) is 25.7 Å². The predicted molar refractivity (Wildman–Crippen MR) is 276 cm³/mol. The van der Waals surface area contributed by atoms with Crippen molar-refractivity contribution in [2.24, 2.45) is 0 Å². The molecule has 1 fully saturated rings. The Bertz CT molecular complexity index is 1530. The summed E-state index contributed by atoms with van der Waals surface area (Å²) in [6.07, 6.45) is 50.0. The van der Waals surface area contributed by atoms with Gasteiger partial charge in [-0.2, -0.15) is 0 Å². The van der Waals surface area contributed by atoms with Crippen LogP contribution >= 0.6 is 7.82 Å². The standard InChI is InChI=1S/C55H91O12P/c1-3-5-7-9-11-13-15-17-19-21-23-24-25-27-29-31-33-35-37-39-41-43-45-64-46-48(47-65-68(62,63)67-55-53(60)51(58)50(57)52(59)54(55)61)66-49(56)44-42-40-38-36-34-32-30-28-26-22-20-18-16-14-12-10-8-6-4-2/h5,7,11-14,17-20,23-24,26-29,33,35,48,50-55,57-61H,3-4,6,8-10,15-16,21-22,25,30-32,34,36-47H2,1-2H3,(H,62,63)/b7-5-,13-11-,14-12-,19-17-,20-18-,24-23-,28-26-,29-27-,35-33-. The number of phosphoric acid groups is 1. The van der Waals surface area contributed by atoms with Crippen molar-refractivity contribution in [2.75, 3.05) is 19.8 Å². The van der Waals surface area contributed by atoms with Gasteiger partial charge in [-0.1, -0.05) is 168 Å². The molecule has 0 spiro atoms. The minimum Gasteiger partial charge on any atom is -0.457 e. The monoisotopic (exact) mass is 975 g/mol. The number of aliphatic hydroxyl groups is 5. The van der Waals surface area contributed by atoms with E-state index < -0.39 is 63.1 Å². The molecule has 1 saturated carbocycles. The molecule has 0 aromatic carbocycles. The summed E-state index contributed by atoms with van der Waals surface area (Å²) in [6.45, 7) is 4.02. The highest BCUT2D eigenvalue weighted by atomic mass is 31.2. The van der Waals surface area contributed by atoms with Crippen molar-refractivity contribution < 1.29 is 58.3 Å². The van der Waals surface area contributed by atoms with Crippen LogP contribution in [0.3, 0.4) is 0 Å². The van der Waals surface area contributed by atoms with E-state index >= 15 is 0 Å². The van der Waals surface area contributed by atoms with E-state index in [1.54, 1.807) is 0 Å². The van der Waals surface area contributed by atoms with Gasteiger partial charge in [0.2, 0.25) is 0 Å². The van der Waals surface area contributed by atoms with E-state index in [0.717, 1.165) is 116 Å².